The molecule has 2 N–H and O–H groups in total. The van der Waals surface area contributed by atoms with Crippen LogP contribution in [0.5, 0.6) is 0 Å². The summed E-state index contributed by atoms with van der Waals surface area (Å²) in [5.74, 6) is -1.72. The van der Waals surface area contributed by atoms with E-state index in [1.165, 1.54) is 0 Å². The van der Waals surface area contributed by atoms with Crippen LogP contribution in [0, 0.1) is 5.92 Å². The van der Waals surface area contributed by atoms with Crippen LogP contribution in [0.15, 0.2) is 0 Å². The Hall–Kier alpha value is -0.660. The van der Waals surface area contributed by atoms with E-state index in [9.17, 15) is 13.2 Å². The molecule has 0 saturated heterocycles. The Balaban J connectivity index is 4.37. The van der Waals surface area contributed by atoms with Crippen LogP contribution in [0.3, 0.4) is 0 Å². The minimum absolute atomic E-state index is 0.0504. The fourth-order valence-electron chi connectivity index (χ4n) is 1.12. The SMILES string of the molecule is CC(C)OCCS(=O)(=O)N[C@H](C(=O)O)C(C)C. The van der Waals surface area contributed by atoms with E-state index in [-0.39, 0.29) is 24.4 Å². The third-order valence-corrected chi connectivity index (χ3v) is 3.36. The topological polar surface area (TPSA) is 92.7 Å². The molecular formula is C10H21NO5S. The first-order valence-electron chi connectivity index (χ1n) is 5.50. The summed E-state index contributed by atoms with van der Waals surface area (Å²) in [6, 6.07) is -1.10. The zero-order valence-electron chi connectivity index (χ0n) is 10.6. The Bertz CT molecular complexity index is 337. The molecule has 1 atom stereocenters. The van der Waals surface area contributed by atoms with Gasteiger partial charge in [-0.05, 0) is 19.8 Å². The number of carbonyl (C=O) groups is 1. The molecule has 0 aliphatic heterocycles. The molecule has 7 heteroatoms. The Morgan fingerprint density at radius 2 is 1.82 bits per heavy atom. The van der Waals surface area contributed by atoms with Gasteiger partial charge in [-0.3, -0.25) is 4.79 Å². The second-order valence-corrected chi connectivity index (χ2v) is 6.29. The van der Waals surface area contributed by atoms with Crippen molar-refractivity contribution in [3.63, 3.8) is 0 Å². The lowest BCUT2D eigenvalue weighted by molar-refractivity contribution is -0.140. The third kappa shape index (κ3) is 7.30. The highest BCUT2D eigenvalue weighted by Crippen LogP contribution is 2.04. The van der Waals surface area contributed by atoms with Crippen molar-refractivity contribution >= 4 is 16.0 Å². The maximum atomic E-state index is 11.6. The molecule has 0 amide bonds. The number of aliphatic carboxylic acids is 1. The first-order valence-corrected chi connectivity index (χ1v) is 7.15. The molecule has 0 aromatic rings. The van der Waals surface area contributed by atoms with E-state index >= 15 is 0 Å². The summed E-state index contributed by atoms with van der Waals surface area (Å²) in [5, 5.41) is 8.86. The fraction of sp³-hybridized carbons (Fsp3) is 0.900. The monoisotopic (exact) mass is 267 g/mol. The van der Waals surface area contributed by atoms with Crippen molar-refractivity contribution in [3.05, 3.63) is 0 Å². The van der Waals surface area contributed by atoms with Crippen molar-refractivity contribution in [2.75, 3.05) is 12.4 Å². The average molecular weight is 267 g/mol. The zero-order chi connectivity index (χ0) is 13.6. The Morgan fingerprint density at radius 1 is 1.29 bits per heavy atom. The smallest absolute Gasteiger partial charge is 0.321 e. The van der Waals surface area contributed by atoms with Crippen molar-refractivity contribution in [2.45, 2.75) is 39.8 Å². The van der Waals surface area contributed by atoms with Crippen molar-refractivity contribution in [1.29, 1.82) is 0 Å². The first kappa shape index (κ1) is 16.3. The second-order valence-electron chi connectivity index (χ2n) is 4.42. The lowest BCUT2D eigenvalue weighted by Gasteiger charge is -2.18. The van der Waals surface area contributed by atoms with Gasteiger partial charge >= 0.3 is 5.97 Å². The van der Waals surface area contributed by atoms with Gasteiger partial charge in [0, 0.05) is 0 Å². The minimum Gasteiger partial charge on any atom is -0.480 e. The quantitative estimate of drug-likeness (QED) is 0.665. The predicted molar refractivity (Wildman–Crippen MR) is 64.3 cm³/mol. The molecule has 17 heavy (non-hydrogen) atoms. The fourth-order valence-corrected chi connectivity index (χ4v) is 2.31. The van der Waals surface area contributed by atoms with Crippen LogP contribution >= 0.6 is 0 Å². The lowest BCUT2D eigenvalue weighted by Crippen LogP contribution is -2.45. The lowest BCUT2D eigenvalue weighted by atomic mass is 10.1. The molecule has 0 aliphatic carbocycles. The Morgan fingerprint density at radius 3 is 2.18 bits per heavy atom. The summed E-state index contributed by atoms with van der Waals surface area (Å²) in [7, 11) is -3.62. The number of carboxylic acids is 1. The van der Waals surface area contributed by atoms with Gasteiger partial charge < -0.3 is 9.84 Å². The molecule has 0 bridgehead atoms. The molecule has 0 fully saturated rings. The van der Waals surface area contributed by atoms with Gasteiger partial charge in [-0.15, -0.1) is 0 Å². The zero-order valence-corrected chi connectivity index (χ0v) is 11.5. The number of hydrogen-bond acceptors (Lipinski definition) is 4. The molecule has 0 spiro atoms. The van der Waals surface area contributed by atoms with Crippen LogP contribution in [0.4, 0.5) is 0 Å². The van der Waals surface area contributed by atoms with Crippen LogP contribution in [0.25, 0.3) is 0 Å². The summed E-state index contributed by atoms with van der Waals surface area (Å²) in [5.41, 5.74) is 0. The molecule has 0 aliphatic rings. The summed E-state index contributed by atoms with van der Waals surface area (Å²) < 4.78 is 30.4. The van der Waals surface area contributed by atoms with Gasteiger partial charge in [0.15, 0.2) is 0 Å². The number of hydrogen-bond donors (Lipinski definition) is 2. The molecule has 6 nitrogen and oxygen atoms in total. The van der Waals surface area contributed by atoms with Crippen LogP contribution in [-0.2, 0) is 19.6 Å². The van der Waals surface area contributed by atoms with Gasteiger partial charge in [0.2, 0.25) is 10.0 Å². The van der Waals surface area contributed by atoms with E-state index in [2.05, 4.69) is 4.72 Å². The Labute approximate surface area is 102 Å². The summed E-state index contributed by atoms with van der Waals surface area (Å²) in [6.07, 6.45) is -0.0504. The summed E-state index contributed by atoms with van der Waals surface area (Å²) in [4.78, 5) is 10.8. The summed E-state index contributed by atoms with van der Waals surface area (Å²) in [6.45, 7) is 6.94. The largest absolute Gasteiger partial charge is 0.480 e. The average Bonchev–Trinajstić information content (AvgIpc) is 2.12. The highest BCUT2D eigenvalue weighted by molar-refractivity contribution is 7.89. The van der Waals surface area contributed by atoms with Crippen LogP contribution in [0.2, 0.25) is 0 Å². The van der Waals surface area contributed by atoms with E-state index in [4.69, 9.17) is 9.84 Å². The number of carboxylic acid groups (broad SMARTS) is 1. The standard InChI is InChI=1S/C10H21NO5S/c1-7(2)9(10(12)13)11-17(14,15)6-5-16-8(3)4/h7-9,11H,5-6H2,1-4H3,(H,12,13)/t9-/m0/s1. The number of nitrogens with one attached hydrogen (secondary N) is 1. The van der Waals surface area contributed by atoms with E-state index in [0.29, 0.717) is 0 Å². The van der Waals surface area contributed by atoms with Gasteiger partial charge in [-0.25, -0.2) is 13.1 Å². The molecule has 102 valence electrons. The predicted octanol–water partition coefficient (Wildman–Crippen LogP) is 0.440. The number of ether oxygens (including phenoxy) is 1. The molecule has 0 heterocycles. The van der Waals surface area contributed by atoms with Crippen molar-refractivity contribution in [3.8, 4) is 0 Å². The highest BCUT2D eigenvalue weighted by atomic mass is 32.2. The first-order chi connectivity index (χ1) is 7.65. The number of rotatable bonds is 8. The molecular weight excluding hydrogens is 246 g/mol. The molecule has 0 unspecified atom stereocenters. The normalized spacial score (nSPS) is 14.2. The van der Waals surface area contributed by atoms with E-state index in [1.54, 1.807) is 27.7 Å². The molecule has 0 aromatic carbocycles. The molecule has 0 saturated carbocycles. The van der Waals surface area contributed by atoms with Crippen LogP contribution in [-0.4, -0.2) is 44.0 Å². The Kier molecular flexibility index (Phi) is 6.66. The maximum Gasteiger partial charge on any atom is 0.321 e. The van der Waals surface area contributed by atoms with E-state index in [1.807, 2.05) is 0 Å². The minimum atomic E-state index is -3.62. The highest BCUT2D eigenvalue weighted by Gasteiger charge is 2.26. The third-order valence-electron chi connectivity index (χ3n) is 2.04. The van der Waals surface area contributed by atoms with Gasteiger partial charge in [0.25, 0.3) is 0 Å². The van der Waals surface area contributed by atoms with Crippen molar-refractivity contribution < 1.29 is 23.1 Å². The molecule has 0 aromatic heterocycles. The van der Waals surface area contributed by atoms with Crippen molar-refractivity contribution in [1.82, 2.24) is 4.72 Å². The van der Waals surface area contributed by atoms with Crippen LogP contribution in [0.1, 0.15) is 27.7 Å². The van der Waals surface area contributed by atoms with Gasteiger partial charge in [0.05, 0.1) is 18.5 Å². The molecule has 0 rings (SSSR count). The van der Waals surface area contributed by atoms with Gasteiger partial charge in [0.1, 0.15) is 6.04 Å². The van der Waals surface area contributed by atoms with Gasteiger partial charge in [-0.1, -0.05) is 13.8 Å². The van der Waals surface area contributed by atoms with Crippen LogP contribution < -0.4 is 4.72 Å². The summed E-state index contributed by atoms with van der Waals surface area (Å²) >= 11 is 0. The van der Waals surface area contributed by atoms with E-state index < -0.39 is 22.0 Å². The molecule has 0 radical (unpaired) electrons. The second kappa shape index (κ2) is 6.93. The van der Waals surface area contributed by atoms with E-state index in [0.717, 1.165) is 0 Å². The van der Waals surface area contributed by atoms with Crippen molar-refractivity contribution in [2.24, 2.45) is 5.92 Å². The van der Waals surface area contributed by atoms with Gasteiger partial charge in [-0.2, -0.15) is 0 Å². The number of sulfonamides is 1. The maximum absolute atomic E-state index is 11.6.